The van der Waals surface area contributed by atoms with E-state index in [1.807, 2.05) is 36.4 Å². The summed E-state index contributed by atoms with van der Waals surface area (Å²) >= 11 is 0. The molecule has 270 valence electrons. The van der Waals surface area contributed by atoms with Crippen molar-refractivity contribution in [3.05, 3.63) is 217 Å². The van der Waals surface area contributed by atoms with Crippen LogP contribution in [-0.2, 0) is 5.41 Å². The average Bonchev–Trinajstić information content (AvgIpc) is 3.87. The number of oxazole rings is 1. The molecular weight excluding hydrogens is 709 g/mol. The predicted octanol–water partition coefficient (Wildman–Crippen LogP) is 12.8. The normalized spacial score (nSPS) is 13.0. The summed E-state index contributed by atoms with van der Waals surface area (Å²) in [5.41, 5.74) is 9.27. The van der Waals surface area contributed by atoms with E-state index in [2.05, 4.69) is 158 Å². The van der Waals surface area contributed by atoms with Crippen LogP contribution in [0.2, 0.25) is 0 Å². The molecule has 0 N–H and O–H groups in total. The summed E-state index contributed by atoms with van der Waals surface area (Å²) in [6.45, 7) is 0. The van der Waals surface area contributed by atoms with Gasteiger partial charge in [0.15, 0.2) is 23.1 Å². The summed E-state index contributed by atoms with van der Waals surface area (Å²) in [5, 5.41) is 6.50. The van der Waals surface area contributed by atoms with E-state index in [9.17, 15) is 0 Å². The Morgan fingerprint density at radius 1 is 0.397 bits per heavy atom. The molecule has 0 unspecified atom stereocenters. The zero-order chi connectivity index (χ0) is 38.2. The second-order valence-electron chi connectivity index (χ2n) is 15.0. The van der Waals surface area contributed by atoms with Crippen molar-refractivity contribution in [1.29, 1.82) is 0 Å². The van der Waals surface area contributed by atoms with E-state index in [-0.39, 0.29) is 0 Å². The average molecular weight is 741 g/mol. The lowest BCUT2D eigenvalue weighted by atomic mass is 9.71. The molecule has 0 saturated carbocycles. The van der Waals surface area contributed by atoms with Crippen LogP contribution in [0.15, 0.2) is 199 Å². The van der Waals surface area contributed by atoms with Gasteiger partial charge in [0.1, 0.15) is 10.9 Å². The van der Waals surface area contributed by atoms with Gasteiger partial charge in [-0.3, -0.25) is 0 Å². The van der Waals surface area contributed by atoms with Gasteiger partial charge < -0.3 is 4.42 Å². The van der Waals surface area contributed by atoms with Crippen molar-refractivity contribution in [2.45, 2.75) is 5.41 Å². The van der Waals surface area contributed by atoms with E-state index in [1.54, 1.807) is 0 Å². The number of hydrogen-bond acceptors (Lipinski definition) is 5. The molecule has 1 aliphatic carbocycles. The SMILES string of the molecule is c1ccc(-c2nc3ccc4ccc5ccc(-c6nc(-c7ccc8ccccc8c7)nc(C7(c8ccccc8)c8ccccc8-c8ccccc87)n6)cc5c4c3o2)cc1. The van der Waals surface area contributed by atoms with Crippen LogP contribution in [0.3, 0.4) is 0 Å². The minimum atomic E-state index is -0.804. The van der Waals surface area contributed by atoms with Gasteiger partial charge in [-0.25, -0.2) is 19.9 Å². The highest BCUT2D eigenvalue weighted by molar-refractivity contribution is 6.18. The van der Waals surface area contributed by atoms with Crippen LogP contribution >= 0.6 is 0 Å². The van der Waals surface area contributed by atoms with Gasteiger partial charge in [0.05, 0.1) is 0 Å². The van der Waals surface area contributed by atoms with E-state index in [4.69, 9.17) is 24.4 Å². The lowest BCUT2D eigenvalue weighted by Crippen LogP contribution is -2.31. The molecule has 9 aromatic carbocycles. The van der Waals surface area contributed by atoms with E-state index < -0.39 is 5.41 Å². The van der Waals surface area contributed by atoms with Gasteiger partial charge in [-0.05, 0) is 85.1 Å². The molecule has 5 nitrogen and oxygen atoms in total. The van der Waals surface area contributed by atoms with Gasteiger partial charge >= 0.3 is 0 Å². The molecule has 12 rings (SSSR count). The van der Waals surface area contributed by atoms with Gasteiger partial charge in [0.2, 0.25) is 5.89 Å². The summed E-state index contributed by atoms with van der Waals surface area (Å²) in [4.78, 5) is 21.3. The molecule has 2 heterocycles. The molecule has 0 aliphatic heterocycles. The van der Waals surface area contributed by atoms with Crippen molar-refractivity contribution < 1.29 is 4.42 Å². The van der Waals surface area contributed by atoms with Gasteiger partial charge in [-0.1, -0.05) is 164 Å². The number of rotatable bonds is 5. The first kappa shape index (κ1) is 32.5. The lowest BCUT2D eigenvalue weighted by molar-refractivity contribution is 0.623. The van der Waals surface area contributed by atoms with Crippen molar-refractivity contribution in [1.82, 2.24) is 19.9 Å². The quantitative estimate of drug-likeness (QED) is 0.164. The number of aromatic nitrogens is 4. The Hall–Kier alpha value is -7.76. The molecule has 0 bridgehead atoms. The maximum absolute atomic E-state index is 6.60. The van der Waals surface area contributed by atoms with Crippen LogP contribution in [0, 0.1) is 0 Å². The molecule has 0 fully saturated rings. The maximum atomic E-state index is 6.60. The molecular formula is C53H32N4O. The molecule has 0 amide bonds. The molecule has 58 heavy (non-hydrogen) atoms. The summed E-state index contributed by atoms with van der Waals surface area (Å²) < 4.78 is 6.60. The van der Waals surface area contributed by atoms with Crippen LogP contribution in [0.4, 0.5) is 0 Å². The largest absolute Gasteiger partial charge is 0.435 e. The van der Waals surface area contributed by atoms with Crippen molar-refractivity contribution >= 4 is 43.4 Å². The minimum absolute atomic E-state index is 0.596. The summed E-state index contributed by atoms with van der Waals surface area (Å²) in [6.07, 6.45) is 0. The fourth-order valence-electron chi connectivity index (χ4n) is 9.10. The first-order valence-electron chi connectivity index (χ1n) is 19.5. The minimum Gasteiger partial charge on any atom is -0.435 e. The number of benzene rings is 9. The van der Waals surface area contributed by atoms with Gasteiger partial charge in [0.25, 0.3) is 0 Å². The van der Waals surface area contributed by atoms with Crippen LogP contribution in [0.5, 0.6) is 0 Å². The molecule has 11 aromatic rings. The first-order chi connectivity index (χ1) is 28.7. The summed E-state index contributed by atoms with van der Waals surface area (Å²) in [6, 6.07) is 67.9. The fourth-order valence-corrected chi connectivity index (χ4v) is 9.10. The second-order valence-corrected chi connectivity index (χ2v) is 15.0. The van der Waals surface area contributed by atoms with Crippen LogP contribution in [0.25, 0.3) is 88.8 Å². The van der Waals surface area contributed by atoms with E-state index in [0.717, 1.165) is 76.8 Å². The monoisotopic (exact) mass is 740 g/mol. The molecule has 2 aromatic heterocycles. The molecule has 0 saturated heterocycles. The number of nitrogens with zero attached hydrogens (tertiary/aromatic N) is 4. The molecule has 1 aliphatic rings. The Morgan fingerprint density at radius 2 is 0.966 bits per heavy atom. The van der Waals surface area contributed by atoms with E-state index in [1.165, 1.54) is 11.1 Å². The highest BCUT2D eigenvalue weighted by Crippen LogP contribution is 2.55. The topological polar surface area (TPSA) is 64.7 Å². The highest BCUT2D eigenvalue weighted by atomic mass is 16.3. The van der Waals surface area contributed by atoms with Crippen LogP contribution in [0.1, 0.15) is 22.5 Å². The molecule has 0 spiro atoms. The Labute approximate surface area is 334 Å². The third kappa shape index (κ3) is 4.83. The molecule has 0 atom stereocenters. The van der Waals surface area contributed by atoms with E-state index >= 15 is 0 Å². The zero-order valence-corrected chi connectivity index (χ0v) is 31.2. The van der Waals surface area contributed by atoms with E-state index in [0.29, 0.717) is 23.4 Å². The van der Waals surface area contributed by atoms with Gasteiger partial charge in [-0.15, -0.1) is 0 Å². The summed E-state index contributed by atoms with van der Waals surface area (Å²) in [5.74, 6) is 2.49. The Bertz CT molecular complexity index is 3360. The van der Waals surface area contributed by atoms with Gasteiger partial charge in [0, 0.05) is 22.1 Å². The maximum Gasteiger partial charge on any atom is 0.227 e. The number of hydrogen-bond donors (Lipinski definition) is 0. The third-order valence-corrected chi connectivity index (χ3v) is 11.8. The highest BCUT2D eigenvalue weighted by Gasteiger charge is 2.48. The second kappa shape index (κ2) is 12.6. The summed E-state index contributed by atoms with van der Waals surface area (Å²) in [7, 11) is 0. The predicted molar refractivity (Wildman–Crippen MR) is 234 cm³/mol. The van der Waals surface area contributed by atoms with Gasteiger partial charge in [-0.2, -0.15) is 0 Å². The zero-order valence-electron chi connectivity index (χ0n) is 31.2. The molecule has 5 heteroatoms. The standard InChI is InChI=1S/C53H32N4O/c1-3-14-36(15-4-1)51-54-46-30-29-35-26-24-34-25-28-39(32-43(34)47(35)48(46)58-51)50-55-49(38-27-23-33-13-7-8-16-37(33)31-38)56-52(57-50)53(40-17-5-2-6-18-40)44-21-11-9-19-41(44)42-20-10-12-22-45(42)53/h1-32H. The lowest BCUT2D eigenvalue weighted by Gasteiger charge is -2.32. The van der Waals surface area contributed by atoms with Crippen molar-refractivity contribution in [3.63, 3.8) is 0 Å². The van der Waals surface area contributed by atoms with Crippen LogP contribution < -0.4 is 0 Å². The smallest absolute Gasteiger partial charge is 0.227 e. The van der Waals surface area contributed by atoms with Crippen molar-refractivity contribution in [3.8, 4) is 45.4 Å². The Morgan fingerprint density at radius 3 is 1.71 bits per heavy atom. The molecule has 0 radical (unpaired) electrons. The Kier molecular flexibility index (Phi) is 7.07. The van der Waals surface area contributed by atoms with Crippen LogP contribution in [-0.4, -0.2) is 19.9 Å². The Balaban J connectivity index is 1.15. The number of fused-ring (bicyclic) bond motifs is 9. The van der Waals surface area contributed by atoms with Crippen molar-refractivity contribution in [2.75, 3.05) is 0 Å². The first-order valence-corrected chi connectivity index (χ1v) is 19.5. The van der Waals surface area contributed by atoms with Crippen molar-refractivity contribution in [2.24, 2.45) is 0 Å². The third-order valence-electron chi connectivity index (χ3n) is 11.8. The fraction of sp³-hybridized carbons (Fsp3) is 0.0189.